The molecule has 0 radical (unpaired) electrons. The van der Waals surface area contributed by atoms with Crippen LogP contribution in [0, 0.1) is 11.3 Å². The van der Waals surface area contributed by atoms with Crippen LogP contribution in [0.3, 0.4) is 0 Å². The topological polar surface area (TPSA) is 0 Å². The van der Waals surface area contributed by atoms with Crippen molar-refractivity contribution in [3.05, 3.63) is 11.1 Å². The zero-order valence-corrected chi connectivity index (χ0v) is 15.8. The fraction of sp³-hybridized carbons (Fsp3) is 0.800. The summed E-state index contributed by atoms with van der Waals surface area (Å²) in [6, 6.07) is 0. The van der Waals surface area contributed by atoms with E-state index >= 15 is 0 Å². The van der Waals surface area contributed by atoms with Crippen LogP contribution in [0.25, 0.3) is 0 Å². The van der Waals surface area contributed by atoms with E-state index in [-0.39, 0.29) is 5.88 Å². The van der Waals surface area contributed by atoms with Crippen LogP contribution in [-0.2, 0) is 0 Å². The summed E-state index contributed by atoms with van der Waals surface area (Å²) < 4.78 is -1.41. The molecule has 0 aromatic heterocycles. The Morgan fingerprint density at radius 2 is 1.68 bits per heavy atom. The third-order valence-corrected chi connectivity index (χ3v) is 8.74. The monoisotopic (exact) mass is 442 g/mol. The summed E-state index contributed by atoms with van der Waals surface area (Å²) in [7, 11) is 0. The Hall–Kier alpha value is 2.35. The predicted octanol–water partition coefficient (Wildman–Crippen LogP) is 6.15. The number of alkyl halides is 8. The summed E-state index contributed by atoms with van der Waals surface area (Å²) in [5, 5.41) is -1.53. The highest BCUT2D eigenvalue weighted by atomic mass is 35.5. The predicted molar refractivity (Wildman–Crippen MR) is 88.4 cm³/mol. The fourth-order valence-corrected chi connectivity index (χ4v) is 7.68. The molecule has 0 heterocycles. The van der Waals surface area contributed by atoms with Crippen molar-refractivity contribution in [1.82, 2.24) is 0 Å². The average Bonchev–Trinajstić information content (AvgIpc) is 2.61. The zero-order chi connectivity index (χ0) is 14.8. The van der Waals surface area contributed by atoms with Gasteiger partial charge in [0.1, 0.15) is 14.0 Å². The normalized spacial score (nSPS) is 50.4. The van der Waals surface area contributed by atoms with E-state index in [0.29, 0.717) is 5.57 Å². The lowest BCUT2D eigenvalue weighted by Crippen LogP contribution is -2.54. The van der Waals surface area contributed by atoms with E-state index in [1.165, 1.54) is 5.54 Å². The van der Waals surface area contributed by atoms with Crippen LogP contribution in [0.2, 0.25) is 0 Å². The molecule has 0 nitrogen and oxygen atoms in total. The van der Waals surface area contributed by atoms with Gasteiger partial charge in [-0.25, -0.2) is 0 Å². The second-order valence-corrected chi connectivity index (χ2v) is 9.24. The summed E-state index contributed by atoms with van der Waals surface area (Å²) in [5.74, 6) is -0.594. The van der Waals surface area contributed by atoms with Gasteiger partial charge in [0.15, 0.2) is 0 Å². The molecule has 0 aromatic carbocycles. The van der Waals surface area contributed by atoms with Crippen LogP contribution >= 0.6 is 104 Å². The minimum absolute atomic E-state index is 0.0242. The van der Waals surface area contributed by atoms with E-state index in [2.05, 4.69) is 0 Å². The van der Waals surface area contributed by atoms with E-state index in [0.717, 1.165) is 0 Å². The van der Waals surface area contributed by atoms with Crippen molar-refractivity contribution in [3.8, 4) is 0 Å². The van der Waals surface area contributed by atoms with Crippen molar-refractivity contribution < 1.29 is 0 Å². The number of hydrogen-bond donors (Lipinski definition) is 0. The zero-order valence-electron chi connectivity index (χ0n) is 9.00. The lowest BCUT2D eigenvalue weighted by molar-refractivity contribution is 0.274. The molecule has 0 N–H and O–H groups in total. The van der Waals surface area contributed by atoms with Gasteiger partial charge in [0.25, 0.3) is 0 Å². The third kappa shape index (κ3) is 1.95. The molecular formula is C10H7Cl9. The van der Waals surface area contributed by atoms with E-state index in [1.807, 2.05) is 0 Å². The second kappa shape index (κ2) is 5.46. The molecule has 5 unspecified atom stereocenters. The summed E-state index contributed by atoms with van der Waals surface area (Å²) >= 11 is 56.2. The van der Waals surface area contributed by atoms with E-state index in [1.54, 1.807) is 0 Å². The van der Waals surface area contributed by atoms with Gasteiger partial charge in [-0.3, -0.25) is 0 Å². The summed E-state index contributed by atoms with van der Waals surface area (Å²) in [6.45, 7) is 0. The highest BCUT2D eigenvalue weighted by Gasteiger charge is 2.80. The van der Waals surface area contributed by atoms with Gasteiger partial charge in [0.2, 0.25) is 0 Å². The Kier molecular flexibility index (Phi) is 5.09. The maximum absolute atomic E-state index is 6.59. The van der Waals surface area contributed by atoms with E-state index in [9.17, 15) is 0 Å². The Balaban J connectivity index is 2.74. The van der Waals surface area contributed by atoms with Gasteiger partial charge in [0, 0.05) is 22.7 Å². The average molecular weight is 446 g/mol. The molecule has 110 valence electrons. The molecule has 0 aliphatic heterocycles. The molecule has 5 atom stereocenters. The van der Waals surface area contributed by atoms with Gasteiger partial charge >= 0.3 is 0 Å². The maximum atomic E-state index is 6.59. The third-order valence-electron chi connectivity index (χ3n) is 4.00. The van der Waals surface area contributed by atoms with Crippen LogP contribution < -0.4 is 0 Å². The van der Waals surface area contributed by atoms with Gasteiger partial charge < -0.3 is 0 Å². The molecule has 2 saturated carbocycles. The molecule has 0 spiro atoms. The van der Waals surface area contributed by atoms with Gasteiger partial charge in [0.05, 0.1) is 10.8 Å². The molecule has 2 bridgehead atoms. The van der Waals surface area contributed by atoms with E-state index < -0.39 is 36.1 Å². The Bertz CT molecular complexity index is 419. The molecular weight excluding hydrogens is 439 g/mol. The Labute approximate surface area is 156 Å². The fourth-order valence-electron chi connectivity index (χ4n) is 3.08. The van der Waals surface area contributed by atoms with Crippen molar-refractivity contribution in [2.45, 2.75) is 24.8 Å². The SMILES string of the molecule is Cl/C=C1\C2(Cl)C(Cl)C(C(Cl)(Cl)C2Cl)C1(CCl)C(Cl)Cl. The molecule has 0 aromatic rings. The van der Waals surface area contributed by atoms with Gasteiger partial charge in [-0.15, -0.1) is 69.6 Å². The van der Waals surface area contributed by atoms with Crippen LogP contribution in [0.4, 0.5) is 0 Å². The standard InChI is InChI=1S/C10H7Cl9/c11-1-3-8(2-12,7(15)16)4-5(13)9(3,17)6(14)10(4,18)19/h1,4-7H,2H2/b3-1-. The Morgan fingerprint density at radius 1 is 1.16 bits per heavy atom. The molecule has 0 amide bonds. The number of rotatable bonds is 2. The van der Waals surface area contributed by atoms with Crippen molar-refractivity contribution in [2.75, 3.05) is 5.88 Å². The number of fused-ring (bicyclic) bond motifs is 2. The summed E-state index contributed by atoms with van der Waals surface area (Å²) in [6.07, 6.45) is 0. The first-order valence-electron chi connectivity index (χ1n) is 5.13. The van der Waals surface area contributed by atoms with Crippen molar-refractivity contribution in [2.24, 2.45) is 11.3 Å². The molecule has 2 aliphatic carbocycles. The molecule has 2 fully saturated rings. The van der Waals surface area contributed by atoms with Crippen molar-refractivity contribution >= 4 is 104 Å². The first-order chi connectivity index (χ1) is 8.63. The molecule has 2 aliphatic rings. The number of allylic oxidation sites excluding steroid dienone is 1. The number of halogens is 9. The molecule has 9 heteroatoms. The lowest BCUT2D eigenvalue weighted by Gasteiger charge is -2.47. The lowest BCUT2D eigenvalue weighted by atomic mass is 9.72. The van der Waals surface area contributed by atoms with Gasteiger partial charge in [-0.2, -0.15) is 0 Å². The number of hydrogen-bond acceptors (Lipinski definition) is 0. The molecule has 2 rings (SSSR count). The van der Waals surface area contributed by atoms with Crippen LogP contribution in [0.5, 0.6) is 0 Å². The van der Waals surface area contributed by atoms with Crippen molar-refractivity contribution in [1.29, 1.82) is 0 Å². The van der Waals surface area contributed by atoms with Crippen LogP contribution in [0.1, 0.15) is 0 Å². The van der Waals surface area contributed by atoms with Gasteiger partial charge in [-0.1, -0.05) is 34.8 Å². The quantitative estimate of drug-likeness (QED) is 0.447. The molecule has 19 heavy (non-hydrogen) atoms. The first kappa shape index (κ1) is 17.7. The van der Waals surface area contributed by atoms with Crippen LogP contribution in [0.15, 0.2) is 11.1 Å². The Morgan fingerprint density at radius 3 is 2.05 bits per heavy atom. The highest BCUT2D eigenvalue weighted by Crippen LogP contribution is 2.75. The minimum atomic E-state index is -1.41. The van der Waals surface area contributed by atoms with Crippen LogP contribution in [-0.4, -0.2) is 30.7 Å². The summed E-state index contributed by atoms with van der Waals surface area (Å²) in [5.41, 5.74) is 0.742. The second-order valence-electron chi connectivity index (χ2n) is 4.68. The first-order valence-corrected chi connectivity index (χ1v) is 8.98. The van der Waals surface area contributed by atoms with E-state index in [4.69, 9.17) is 104 Å². The minimum Gasteiger partial charge on any atom is -0.126 e. The summed E-state index contributed by atoms with van der Waals surface area (Å²) in [4.78, 5) is -2.17. The van der Waals surface area contributed by atoms with Crippen molar-refractivity contribution in [3.63, 3.8) is 0 Å². The smallest absolute Gasteiger partial charge is 0.126 e. The largest absolute Gasteiger partial charge is 0.141 e. The van der Waals surface area contributed by atoms with Gasteiger partial charge in [-0.05, 0) is 5.57 Å². The highest BCUT2D eigenvalue weighted by molar-refractivity contribution is 6.58. The molecule has 0 saturated heterocycles. The maximum Gasteiger partial charge on any atom is 0.141 e.